The molecule has 140 valence electrons. The molecule has 0 aromatic carbocycles. The molecule has 5 nitrogen and oxygen atoms in total. The average Bonchev–Trinajstić information content (AvgIpc) is 2.93. The molecule has 3 saturated heterocycles. The van der Waals surface area contributed by atoms with Crippen LogP contribution in [0, 0.1) is 5.92 Å². The van der Waals surface area contributed by atoms with E-state index in [1.54, 1.807) is 6.92 Å². The molecule has 0 spiro atoms. The maximum Gasteiger partial charge on any atom is 0.334 e. The molecule has 0 aromatic rings. The van der Waals surface area contributed by atoms with Gasteiger partial charge in [0.1, 0.15) is 5.60 Å². The van der Waals surface area contributed by atoms with Gasteiger partial charge in [0.25, 0.3) is 0 Å². The minimum Gasteiger partial charge on any atom is -0.453 e. The predicted octanol–water partition coefficient (Wildman–Crippen LogP) is 2.65. The number of carbonyl (C=O) groups excluding carboxylic acids is 1. The summed E-state index contributed by atoms with van der Waals surface area (Å²) < 4.78 is 11.8. The van der Waals surface area contributed by atoms with Gasteiger partial charge in [-0.25, -0.2) is 4.79 Å². The number of carbonyl (C=O) groups is 1. The molecule has 3 heterocycles. The minimum atomic E-state index is -0.933. The van der Waals surface area contributed by atoms with Gasteiger partial charge in [0, 0.05) is 5.57 Å². The normalized spacial score (nSPS) is 46.0. The van der Waals surface area contributed by atoms with Crippen molar-refractivity contribution in [3.8, 4) is 0 Å². The Balaban J connectivity index is 1.93. The molecule has 0 amide bonds. The van der Waals surface area contributed by atoms with Crippen LogP contribution in [0.1, 0.15) is 58.8 Å². The van der Waals surface area contributed by atoms with E-state index in [0.29, 0.717) is 37.7 Å². The fraction of sp³-hybridized carbons (Fsp3) is 0.750. The van der Waals surface area contributed by atoms with Crippen molar-refractivity contribution in [1.82, 2.24) is 0 Å². The molecule has 0 unspecified atom stereocenters. The molecule has 0 radical (unpaired) electrons. The second-order valence-corrected chi connectivity index (χ2v) is 8.39. The van der Waals surface area contributed by atoms with Gasteiger partial charge in [0.05, 0.1) is 23.9 Å². The number of aliphatic hydroxyl groups excluding tert-OH is 2. The predicted molar refractivity (Wildman–Crippen MR) is 93.9 cm³/mol. The lowest BCUT2D eigenvalue weighted by Gasteiger charge is -2.33. The highest BCUT2D eigenvalue weighted by Gasteiger charge is 2.47. The van der Waals surface area contributed by atoms with Gasteiger partial charge >= 0.3 is 5.97 Å². The summed E-state index contributed by atoms with van der Waals surface area (Å²) in [7, 11) is 0. The van der Waals surface area contributed by atoms with Gasteiger partial charge in [-0.2, -0.15) is 0 Å². The van der Waals surface area contributed by atoms with Crippen molar-refractivity contribution in [1.29, 1.82) is 0 Å². The van der Waals surface area contributed by atoms with E-state index in [4.69, 9.17) is 9.47 Å². The quantitative estimate of drug-likeness (QED) is 0.399. The highest BCUT2D eigenvalue weighted by molar-refractivity contribution is 5.89. The maximum atomic E-state index is 12.4. The van der Waals surface area contributed by atoms with Crippen LogP contribution in [0.25, 0.3) is 0 Å². The zero-order valence-corrected chi connectivity index (χ0v) is 15.3. The molecule has 3 rings (SSSR count). The summed E-state index contributed by atoms with van der Waals surface area (Å²) in [6.07, 6.45) is 2.71. The molecule has 5 heteroatoms. The summed E-state index contributed by atoms with van der Waals surface area (Å²) in [6.45, 7) is 11.8. The van der Waals surface area contributed by atoms with Crippen molar-refractivity contribution >= 4 is 5.97 Å². The summed E-state index contributed by atoms with van der Waals surface area (Å²) in [5.41, 5.74) is -0.256. The summed E-state index contributed by atoms with van der Waals surface area (Å²) in [5.74, 6) is -0.637. The highest BCUT2D eigenvalue weighted by Crippen LogP contribution is 2.42. The number of hydrogen-bond acceptors (Lipinski definition) is 5. The third-order valence-electron chi connectivity index (χ3n) is 6.50. The first-order valence-electron chi connectivity index (χ1n) is 9.28. The van der Waals surface area contributed by atoms with Gasteiger partial charge in [-0.3, -0.25) is 0 Å². The van der Waals surface area contributed by atoms with Crippen molar-refractivity contribution in [2.24, 2.45) is 5.92 Å². The van der Waals surface area contributed by atoms with E-state index in [0.717, 1.165) is 18.4 Å². The zero-order valence-electron chi connectivity index (χ0n) is 15.3. The Morgan fingerprint density at radius 2 is 1.72 bits per heavy atom. The molecular formula is C20H30O5. The second kappa shape index (κ2) is 6.53. The molecule has 0 aromatic heterocycles. The Morgan fingerprint density at radius 3 is 2.44 bits per heavy atom. The number of aliphatic hydroxyl groups is 2. The molecule has 6 atom stereocenters. The number of fused-ring (bicyclic) bond motifs is 5. The first kappa shape index (κ1) is 18.6. The Morgan fingerprint density at radius 1 is 1.04 bits per heavy atom. The van der Waals surface area contributed by atoms with E-state index in [1.807, 2.05) is 6.92 Å². The van der Waals surface area contributed by atoms with Crippen molar-refractivity contribution in [3.05, 3.63) is 24.3 Å². The first-order valence-corrected chi connectivity index (χ1v) is 9.28. The fourth-order valence-electron chi connectivity index (χ4n) is 4.33. The van der Waals surface area contributed by atoms with Crippen LogP contribution < -0.4 is 0 Å². The van der Waals surface area contributed by atoms with Gasteiger partial charge in [0.2, 0.25) is 0 Å². The third kappa shape index (κ3) is 3.42. The summed E-state index contributed by atoms with van der Waals surface area (Å²) in [6, 6.07) is 0. The Hall–Kier alpha value is -1.17. The van der Waals surface area contributed by atoms with Crippen molar-refractivity contribution < 1.29 is 24.5 Å². The number of esters is 1. The zero-order chi connectivity index (χ0) is 18.4. The van der Waals surface area contributed by atoms with Crippen LogP contribution in [-0.2, 0) is 14.3 Å². The number of ether oxygens (including phenoxy) is 2. The van der Waals surface area contributed by atoms with Crippen LogP contribution >= 0.6 is 0 Å². The molecule has 3 aliphatic heterocycles. The Kier molecular flexibility index (Phi) is 4.86. The van der Waals surface area contributed by atoms with Gasteiger partial charge in [-0.05, 0) is 70.3 Å². The molecular weight excluding hydrogens is 320 g/mol. The summed E-state index contributed by atoms with van der Waals surface area (Å²) >= 11 is 0. The molecule has 0 aliphatic carbocycles. The van der Waals surface area contributed by atoms with Crippen molar-refractivity contribution in [3.63, 3.8) is 0 Å². The molecule has 0 saturated carbocycles. The number of hydrogen-bond donors (Lipinski definition) is 2. The fourth-order valence-corrected chi connectivity index (χ4v) is 4.33. The van der Waals surface area contributed by atoms with Crippen molar-refractivity contribution in [2.75, 3.05) is 0 Å². The van der Waals surface area contributed by atoms with Crippen LogP contribution in [0.5, 0.6) is 0 Å². The van der Waals surface area contributed by atoms with Gasteiger partial charge in [0.15, 0.2) is 0 Å². The minimum absolute atomic E-state index is 0.0917. The van der Waals surface area contributed by atoms with Crippen LogP contribution in [0.3, 0.4) is 0 Å². The van der Waals surface area contributed by atoms with Gasteiger partial charge in [-0.15, -0.1) is 0 Å². The lowest BCUT2D eigenvalue weighted by atomic mass is 9.81. The summed E-state index contributed by atoms with van der Waals surface area (Å²) in [4.78, 5) is 12.4. The molecule has 2 N–H and O–H groups in total. The van der Waals surface area contributed by atoms with E-state index in [-0.39, 0.29) is 12.0 Å². The van der Waals surface area contributed by atoms with E-state index in [9.17, 15) is 15.0 Å². The smallest absolute Gasteiger partial charge is 0.334 e. The monoisotopic (exact) mass is 350 g/mol. The van der Waals surface area contributed by atoms with E-state index >= 15 is 0 Å². The third-order valence-corrected chi connectivity index (χ3v) is 6.50. The molecule has 4 bridgehead atoms. The maximum absolute atomic E-state index is 12.4. The summed E-state index contributed by atoms with van der Waals surface area (Å²) in [5, 5.41) is 21.5. The van der Waals surface area contributed by atoms with Crippen LogP contribution in [0.15, 0.2) is 24.3 Å². The molecule has 3 aliphatic rings. The lowest BCUT2D eigenvalue weighted by Crippen LogP contribution is -2.43. The largest absolute Gasteiger partial charge is 0.453 e. The number of rotatable bonds is 0. The van der Waals surface area contributed by atoms with Crippen molar-refractivity contribution in [2.45, 2.75) is 88.3 Å². The Bertz CT molecular complexity index is 585. The second-order valence-electron chi connectivity index (χ2n) is 8.39. The Labute approximate surface area is 149 Å². The highest BCUT2D eigenvalue weighted by atomic mass is 16.6. The van der Waals surface area contributed by atoms with E-state index in [2.05, 4.69) is 13.2 Å². The SMILES string of the molecule is C=C1C(=O)O[C@]2(C)CC[C@@H]1C[C@H](O)[C@]1(C)CC[C@H](O1)C(=C)CC[C@H]2O. The topological polar surface area (TPSA) is 76.0 Å². The molecule has 25 heavy (non-hydrogen) atoms. The van der Waals surface area contributed by atoms with Crippen LogP contribution in [0.4, 0.5) is 0 Å². The first-order chi connectivity index (χ1) is 11.6. The van der Waals surface area contributed by atoms with Crippen LogP contribution in [0.2, 0.25) is 0 Å². The van der Waals surface area contributed by atoms with E-state index < -0.39 is 29.4 Å². The lowest BCUT2D eigenvalue weighted by molar-refractivity contribution is -0.165. The van der Waals surface area contributed by atoms with E-state index in [1.165, 1.54) is 0 Å². The van der Waals surface area contributed by atoms with Gasteiger partial charge < -0.3 is 19.7 Å². The van der Waals surface area contributed by atoms with Gasteiger partial charge in [-0.1, -0.05) is 13.2 Å². The average molecular weight is 350 g/mol. The molecule has 3 fully saturated rings. The standard InChI is InChI=1S/C20H30O5/c1-12-5-6-16(21)19(3)9-7-14(13(2)18(23)25-19)11-17(22)20(4)10-8-15(12)24-20/h14-17,21-22H,1-2,5-11H2,3-4H3/t14-,15+,16-,17+,19-,20+/m1/s1. The van der Waals surface area contributed by atoms with Crippen LogP contribution in [-0.4, -0.2) is 45.7 Å².